The normalized spacial score (nSPS) is 11.3. The summed E-state index contributed by atoms with van der Waals surface area (Å²) in [6.45, 7) is 1.05. The fourth-order valence-electron chi connectivity index (χ4n) is 8.85. The summed E-state index contributed by atoms with van der Waals surface area (Å²) in [5, 5.41) is 7.86. The van der Waals surface area contributed by atoms with Gasteiger partial charge in [-0.3, -0.25) is 28.7 Å². The molecule has 0 spiro atoms. The summed E-state index contributed by atoms with van der Waals surface area (Å²) in [7, 11) is 0. The molecule has 0 atom stereocenters. The van der Waals surface area contributed by atoms with Crippen LogP contribution in [0.1, 0.15) is 23.1 Å². The summed E-state index contributed by atoms with van der Waals surface area (Å²) in [6.07, 6.45) is 16.1. The molecule has 0 aliphatic carbocycles. The van der Waals surface area contributed by atoms with E-state index in [9.17, 15) is 17.6 Å². The number of hydrogen-bond donors (Lipinski definition) is 4. The number of H-pyrrole nitrogens is 4. The molecule has 13 rings (SSSR count). The van der Waals surface area contributed by atoms with E-state index >= 15 is 0 Å². The zero-order valence-corrected chi connectivity index (χ0v) is 38.6. The predicted octanol–water partition coefficient (Wildman–Crippen LogP) is 14.1. The van der Waals surface area contributed by atoms with Crippen molar-refractivity contribution in [3.63, 3.8) is 0 Å². The highest BCUT2D eigenvalue weighted by Crippen LogP contribution is 2.31. The van der Waals surface area contributed by atoms with Crippen LogP contribution in [0.3, 0.4) is 0 Å². The molecule has 0 radical (unpaired) electrons. The first-order chi connectivity index (χ1) is 34.8. The summed E-state index contributed by atoms with van der Waals surface area (Å²) in [4.78, 5) is 33.9. The van der Waals surface area contributed by atoms with Crippen LogP contribution in [0.2, 0.25) is 0 Å². The van der Waals surface area contributed by atoms with Crippen molar-refractivity contribution in [3.8, 4) is 16.9 Å². The number of alkyl halides is 3. The summed E-state index contributed by atoms with van der Waals surface area (Å²) in [5.41, 5.74) is 14.5. The maximum Gasteiger partial charge on any atom is 0.212 e. The van der Waals surface area contributed by atoms with E-state index < -0.39 is 12.6 Å². The van der Waals surface area contributed by atoms with Crippen molar-refractivity contribution < 1.29 is 22.3 Å². The number of aryl methyl sites for hydroxylation is 3. The van der Waals surface area contributed by atoms with Gasteiger partial charge in [0.25, 0.3) is 0 Å². The van der Waals surface area contributed by atoms with Crippen molar-refractivity contribution in [2.75, 3.05) is 26.6 Å². The number of fused-ring (bicyclic) bond motifs is 12. The molecule has 10 nitrogen and oxygen atoms in total. The molecule has 9 heterocycles. The Morgan fingerprint density at radius 2 is 0.986 bits per heavy atom. The van der Waals surface area contributed by atoms with Crippen LogP contribution in [0.5, 0.6) is 5.75 Å². The van der Waals surface area contributed by atoms with Gasteiger partial charge in [0.1, 0.15) is 19.0 Å². The van der Waals surface area contributed by atoms with Crippen LogP contribution in [0.4, 0.5) is 17.6 Å². The third kappa shape index (κ3) is 10.1. The molecule has 4 aromatic carbocycles. The zero-order chi connectivity index (χ0) is 48.7. The minimum absolute atomic E-state index is 0.0864. The molecule has 14 heteroatoms. The molecule has 0 saturated carbocycles. The number of halogens is 4. The number of ether oxygens (including phenoxy) is 1. The van der Waals surface area contributed by atoms with Crippen LogP contribution in [0.15, 0.2) is 159 Å². The second-order valence-electron chi connectivity index (χ2n) is 17.0. The number of hydrogen-bond acceptors (Lipinski definition) is 6. The molecule has 9 aromatic heterocycles. The zero-order valence-electron chi connectivity index (χ0n) is 38.6. The van der Waals surface area contributed by atoms with Gasteiger partial charge < -0.3 is 24.7 Å². The molecule has 13 aromatic rings. The Hall–Kier alpha value is -8.65. The maximum atomic E-state index is 12.9. The molecule has 0 saturated heterocycles. The van der Waals surface area contributed by atoms with Gasteiger partial charge in [0.05, 0.1) is 29.9 Å². The summed E-state index contributed by atoms with van der Waals surface area (Å²) in [5.74, 6) is 0.204. The molecular weight excluding hydrogens is 899 g/mol. The van der Waals surface area contributed by atoms with Crippen LogP contribution in [0, 0.1) is 12.9 Å². The number of aromatic amines is 4. The van der Waals surface area contributed by atoms with Gasteiger partial charge in [-0.15, -0.1) is 0 Å². The third-order valence-corrected chi connectivity index (χ3v) is 12.3. The molecule has 71 heavy (non-hydrogen) atoms. The Bertz CT molecular complexity index is 3940. The summed E-state index contributed by atoms with van der Waals surface area (Å²) in [6, 6.07) is 35.1. The van der Waals surface area contributed by atoms with Gasteiger partial charge in [-0.25, -0.2) is 9.37 Å². The topological polar surface area (TPSA) is 137 Å². The van der Waals surface area contributed by atoms with E-state index in [2.05, 4.69) is 75.2 Å². The lowest BCUT2D eigenvalue weighted by Crippen LogP contribution is -1.98. The minimum atomic E-state index is -0.481. The summed E-state index contributed by atoms with van der Waals surface area (Å²) < 4.78 is 54.6. The number of nitrogens with zero attached hydrogens (tertiary/aromatic N) is 5. The Balaban J connectivity index is 0.000000110. The highest BCUT2D eigenvalue weighted by atomic mass is 18.2. The summed E-state index contributed by atoms with van der Waals surface area (Å²) >= 11 is 0. The smallest absolute Gasteiger partial charge is 0.212 e. The molecular formula is C57H47F4N9O. The van der Waals surface area contributed by atoms with Gasteiger partial charge in [0.2, 0.25) is 5.95 Å². The van der Waals surface area contributed by atoms with Crippen molar-refractivity contribution in [3.05, 3.63) is 181 Å². The molecule has 0 amide bonds. The Morgan fingerprint density at radius 3 is 1.56 bits per heavy atom. The van der Waals surface area contributed by atoms with Crippen LogP contribution in [0.25, 0.3) is 98.5 Å². The first kappa shape index (κ1) is 46.1. The predicted molar refractivity (Wildman–Crippen MR) is 278 cm³/mol. The highest BCUT2D eigenvalue weighted by Gasteiger charge is 2.10. The second kappa shape index (κ2) is 20.9. The van der Waals surface area contributed by atoms with Crippen molar-refractivity contribution >= 4 is 87.4 Å². The number of pyridine rings is 5. The highest BCUT2D eigenvalue weighted by molar-refractivity contribution is 6.09. The first-order valence-corrected chi connectivity index (χ1v) is 23.2. The number of rotatable bonds is 9. The van der Waals surface area contributed by atoms with E-state index in [1.54, 1.807) is 30.9 Å². The molecule has 0 bridgehead atoms. The van der Waals surface area contributed by atoms with Gasteiger partial charge in [0.15, 0.2) is 0 Å². The third-order valence-electron chi connectivity index (χ3n) is 12.3. The molecule has 0 aliphatic heterocycles. The van der Waals surface area contributed by atoms with E-state index in [4.69, 9.17) is 4.74 Å². The van der Waals surface area contributed by atoms with Gasteiger partial charge >= 0.3 is 0 Å². The lowest BCUT2D eigenvalue weighted by atomic mass is 10.1. The molecule has 4 N–H and O–H groups in total. The number of benzene rings is 4. The molecule has 0 unspecified atom stereocenters. The quantitative estimate of drug-likeness (QED) is 0.0840. The standard InChI is InChI=1S/C16H10FN3.C14H13FN2O.C14H13FN2.C13H11FN2/c17-16-4-2-11(8-19-16)10-1-3-12-13-9-18-6-5-14(13)20-15(12)7-10;1-9-6-13-14(16-8-9)11-3-2-10(18-5-4-15)7-12(11)17-13;15-6-1-2-10-3-4-11-12-9-16-7-5-13(12)17-14(11)8-10;14-5-3-9-1-2-10-11-8-15-6-4-12(11)16-13(10)7-9/h1-9,20H;2-3,6-8,17H,4-5H2,1H3;3-5,7-9,17H,1-2,6H2;1-2,4,6-8,16H,3,5H2/i17-1;2*15-1;14-1. The van der Waals surface area contributed by atoms with Crippen molar-refractivity contribution in [2.45, 2.75) is 26.2 Å². The van der Waals surface area contributed by atoms with Crippen LogP contribution in [-0.2, 0) is 12.8 Å². The number of nitrogens with one attached hydrogen (secondary N) is 4. The van der Waals surface area contributed by atoms with Crippen molar-refractivity contribution in [1.82, 2.24) is 44.9 Å². The maximum absolute atomic E-state index is 12.9. The van der Waals surface area contributed by atoms with E-state index in [1.165, 1.54) is 17.0 Å². The van der Waals surface area contributed by atoms with Crippen molar-refractivity contribution in [1.29, 1.82) is 0 Å². The molecule has 0 fully saturated rings. The van der Waals surface area contributed by atoms with Gasteiger partial charge in [-0.1, -0.05) is 36.4 Å². The van der Waals surface area contributed by atoms with E-state index in [0.717, 1.165) is 111 Å². The lowest BCUT2D eigenvalue weighted by Gasteiger charge is -2.02. The largest absolute Gasteiger partial charge is 0.491 e. The Kier molecular flexibility index (Phi) is 13.6. The molecule has 0 aliphatic rings. The van der Waals surface area contributed by atoms with Crippen molar-refractivity contribution in [2.24, 2.45) is 0 Å². The molecule has 354 valence electrons. The van der Waals surface area contributed by atoms with E-state index in [-0.39, 0.29) is 20.0 Å². The van der Waals surface area contributed by atoms with Crippen LogP contribution >= 0.6 is 0 Å². The monoisotopic (exact) mass is 945 g/mol. The van der Waals surface area contributed by atoms with Gasteiger partial charge in [0, 0.05) is 138 Å². The minimum Gasteiger partial charge on any atom is -0.491 e. The van der Waals surface area contributed by atoms with Gasteiger partial charge in [-0.2, -0.15) is 4.39 Å². The first-order valence-electron chi connectivity index (χ1n) is 23.2. The van der Waals surface area contributed by atoms with Crippen LogP contribution in [-0.4, -0.2) is 71.5 Å². The SMILES string of the molecule is Cc1cnc2c(c1)[nH]c1cc(OCC[18F])ccc12.[18F]CCCc1ccc2c(c1)[nH]c1ccncc12.[18F]CCc1ccc2c(c1)[nH]c1ccncc12.[18F]c1ccc(-c2ccc3c(c2)[nH]c2ccncc23)cn1. The Morgan fingerprint density at radius 1 is 0.437 bits per heavy atom. The fourth-order valence-corrected chi connectivity index (χ4v) is 8.85. The fraction of sp³-hybridized carbons (Fsp3) is 0.140. The Labute approximate surface area is 404 Å². The van der Waals surface area contributed by atoms with E-state index in [0.29, 0.717) is 18.6 Å². The van der Waals surface area contributed by atoms with Crippen LogP contribution < -0.4 is 4.74 Å². The second-order valence-corrected chi connectivity index (χ2v) is 17.0. The average Bonchev–Trinajstić information content (AvgIpc) is 4.17. The lowest BCUT2D eigenvalue weighted by molar-refractivity contribution is 0.273. The number of aromatic nitrogens is 9. The average molecular weight is 946 g/mol. The van der Waals surface area contributed by atoms with Gasteiger partial charge in [-0.05, 0) is 109 Å². The van der Waals surface area contributed by atoms with E-state index in [1.807, 2.05) is 98.4 Å².